The molecule has 3 aromatic rings. The molecule has 0 heterocycles. The van der Waals surface area contributed by atoms with Crippen molar-refractivity contribution in [2.24, 2.45) is 0 Å². The molecule has 4 N–H and O–H groups in total. The molecular weight excluding hydrogens is 480 g/mol. The van der Waals surface area contributed by atoms with Gasteiger partial charge in [-0.1, -0.05) is 42.8 Å². The molecular formula is C24H23ClN2O6S. The number of nitrogens with one attached hydrogen (secondary N) is 2. The van der Waals surface area contributed by atoms with Crippen LogP contribution in [0.5, 0.6) is 11.5 Å². The number of hydrogen-bond donors (Lipinski definition) is 4. The Hall–Kier alpha value is -3.56. The fraction of sp³-hybridized carbons (Fsp3) is 0.167. The van der Waals surface area contributed by atoms with Crippen LogP contribution in [0.25, 0.3) is 0 Å². The number of carbonyl (C=O) groups excluding carboxylic acids is 2. The Morgan fingerprint density at radius 3 is 2.29 bits per heavy atom. The third-order valence-electron chi connectivity index (χ3n) is 5.10. The van der Waals surface area contributed by atoms with E-state index >= 15 is 0 Å². The highest BCUT2D eigenvalue weighted by atomic mass is 35.5. The molecule has 0 saturated heterocycles. The molecule has 1 atom stereocenters. The summed E-state index contributed by atoms with van der Waals surface area (Å²) in [7, 11) is -3.97. The molecule has 1 unspecified atom stereocenters. The number of amides is 2. The lowest BCUT2D eigenvalue weighted by atomic mass is 10.1. The number of carbonyl (C=O) groups is 2. The number of aryl methyl sites for hydroxylation is 1. The van der Waals surface area contributed by atoms with Crippen molar-refractivity contribution in [3.63, 3.8) is 0 Å². The van der Waals surface area contributed by atoms with Gasteiger partial charge in [0.1, 0.15) is 16.7 Å². The van der Waals surface area contributed by atoms with Gasteiger partial charge in [-0.15, -0.1) is 0 Å². The van der Waals surface area contributed by atoms with E-state index in [9.17, 15) is 28.2 Å². The van der Waals surface area contributed by atoms with E-state index in [0.717, 1.165) is 11.6 Å². The molecule has 0 aliphatic carbocycles. The second-order valence-corrected chi connectivity index (χ2v) is 10.1. The Kier molecular flexibility index (Phi) is 7.48. The van der Waals surface area contributed by atoms with Gasteiger partial charge in [-0.2, -0.15) is 0 Å². The summed E-state index contributed by atoms with van der Waals surface area (Å²) in [6.45, 7) is 3.33. The average molecular weight is 503 g/mol. The first-order valence-corrected chi connectivity index (χ1v) is 12.2. The summed E-state index contributed by atoms with van der Waals surface area (Å²) in [5, 5.41) is 23.6. The molecule has 10 heteroatoms. The van der Waals surface area contributed by atoms with Crippen LogP contribution < -0.4 is 10.6 Å². The Labute approximate surface area is 202 Å². The molecule has 0 aromatic heterocycles. The molecule has 34 heavy (non-hydrogen) atoms. The van der Waals surface area contributed by atoms with Crippen molar-refractivity contribution in [2.75, 3.05) is 10.6 Å². The van der Waals surface area contributed by atoms with Crippen LogP contribution >= 0.6 is 11.6 Å². The number of aromatic hydroxyl groups is 2. The Bertz CT molecular complexity index is 1360. The van der Waals surface area contributed by atoms with E-state index < -0.39 is 32.7 Å². The Morgan fingerprint density at radius 1 is 0.941 bits per heavy atom. The van der Waals surface area contributed by atoms with E-state index in [0.29, 0.717) is 0 Å². The zero-order valence-corrected chi connectivity index (χ0v) is 19.9. The number of benzene rings is 3. The van der Waals surface area contributed by atoms with Gasteiger partial charge < -0.3 is 20.8 Å². The molecule has 3 aromatic carbocycles. The van der Waals surface area contributed by atoms with Gasteiger partial charge in [0.25, 0.3) is 5.91 Å². The van der Waals surface area contributed by atoms with Crippen LogP contribution in [0.1, 0.15) is 29.3 Å². The molecule has 178 valence electrons. The smallest absolute Gasteiger partial charge is 0.259 e. The van der Waals surface area contributed by atoms with Gasteiger partial charge in [0.2, 0.25) is 5.91 Å². The number of anilines is 2. The van der Waals surface area contributed by atoms with Crippen molar-refractivity contribution in [1.82, 2.24) is 0 Å². The van der Waals surface area contributed by atoms with Crippen LogP contribution in [-0.2, 0) is 14.6 Å². The van der Waals surface area contributed by atoms with Crippen LogP contribution in [0.4, 0.5) is 11.4 Å². The lowest BCUT2D eigenvalue weighted by Crippen LogP contribution is -2.34. The molecule has 0 fully saturated rings. The lowest BCUT2D eigenvalue weighted by molar-refractivity contribution is -0.115. The first-order valence-electron chi connectivity index (χ1n) is 10.3. The molecule has 0 aliphatic heterocycles. The third kappa shape index (κ3) is 5.32. The Balaban J connectivity index is 1.82. The molecule has 0 radical (unpaired) electrons. The average Bonchev–Trinajstić information content (AvgIpc) is 2.77. The summed E-state index contributed by atoms with van der Waals surface area (Å²) in [6.07, 6.45) is 0.0143. The summed E-state index contributed by atoms with van der Waals surface area (Å²) < 4.78 is 26.1. The molecule has 0 saturated carbocycles. The normalized spacial score (nSPS) is 12.1. The van der Waals surface area contributed by atoms with Gasteiger partial charge in [0.15, 0.2) is 9.84 Å². The lowest BCUT2D eigenvalue weighted by Gasteiger charge is -2.18. The van der Waals surface area contributed by atoms with Crippen molar-refractivity contribution in [3.05, 3.63) is 76.8 Å². The first-order chi connectivity index (χ1) is 16.0. The van der Waals surface area contributed by atoms with Crippen molar-refractivity contribution in [3.8, 4) is 11.5 Å². The minimum atomic E-state index is -3.97. The Morgan fingerprint density at radius 2 is 1.65 bits per heavy atom. The zero-order valence-electron chi connectivity index (χ0n) is 18.4. The van der Waals surface area contributed by atoms with Gasteiger partial charge in [-0.3, -0.25) is 9.59 Å². The van der Waals surface area contributed by atoms with Gasteiger partial charge >= 0.3 is 0 Å². The van der Waals surface area contributed by atoms with Crippen molar-refractivity contribution >= 4 is 44.6 Å². The van der Waals surface area contributed by atoms with Crippen molar-refractivity contribution in [2.45, 2.75) is 30.4 Å². The van der Waals surface area contributed by atoms with Gasteiger partial charge in [-0.05, 0) is 49.2 Å². The number of phenolic OH excluding ortho intramolecular Hbond substituents is 2. The van der Waals surface area contributed by atoms with Crippen LogP contribution in [-0.4, -0.2) is 35.7 Å². The fourth-order valence-electron chi connectivity index (χ4n) is 3.33. The van der Waals surface area contributed by atoms with Crippen LogP contribution in [0, 0.1) is 6.92 Å². The molecule has 0 bridgehead atoms. The molecule has 3 rings (SSSR count). The molecule has 2 amide bonds. The number of sulfone groups is 1. The minimum absolute atomic E-state index is 0.0115. The SMILES string of the molecule is CCC(C(=O)Nc1cc(O)c(NC(=O)c2ccccc2O)cc1Cl)S(=O)(=O)c1cccc(C)c1. The maximum absolute atomic E-state index is 13.0. The summed E-state index contributed by atoms with van der Waals surface area (Å²) in [4.78, 5) is 25.3. The van der Waals surface area contributed by atoms with Gasteiger partial charge in [0.05, 0.1) is 26.9 Å². The van der Waals surface area contributed by atoms with Crippen LogP contribution in [0.15, 0.2) is 65.6 Å². The van der Waals surface area contributed by atoms with E-state index in [1.165, 1.54) is 30.3 Å². The quantitative estimate of drug-likeness (QED) is 0.351. The fourth-order valence-corrected chi connectivity index (χ4v) is 5.27. The zero-order chi connectivity index (χ0) is 25.0. The number of para-hydroxylation sites is 1. The number of halogens is 1. The summed E-state index contributed by atoms with van der Waals surface area (Å²) in [5.74, 6) is -2.15. The number of rotatable bonds is 7. The van der Waals surface area contributed by atoms with Crippen LogP contribution in [0.3, 0.4) is 0 Å². The highest BCUT2D eigenvalue weighted by Crippen LogP contribution is 2.35. The van der Waals surface area contributed by atoms with E-state index in [1.54, 1.807) is 38.1 Å². The standard InChI is InChI=1S/C24H23ClN2O6S/c1-3-22(34(32,33)15-8-6-7-14(2)11-15)24(31)26-18-13-21(29)19(12-17(18)25)27-23(30)16-9-4-5-10-20(16)28/h4-13,22,28-29H,3H2,1-2H3,(H,26,31)(H,27,30). The second-order valence-electron chi connectivity index (χ2n) is 7.57. The van der Waals surface area contributed by atoms with Crippen molar-refractivity contribution < 1.29 is 28.2 Å². The predicted molar refractivity (Wildman–Crippen MR) is 130 cm³/mol. The first kappa shape index (κ1) is 25.1. The molecule has 0 spiro atoms. The largest absolute Gasteiger partial charge is 0.507 e. The molecule has 8 nitrogen and oxygen atoms in total. The van der Waals surface area contributed by atoms with Gasteiger partial charge in [0, 0.05) is 6.07 Å². The summed E-state index contributed by atoms with van der Waals surface area (Å²) >= 11 is 6.23. The topological polar surface area (TPSA) is 133 Å². The van der Waals surface area contributed by atoms with E-state index in [2.05, 4.69) is 10.6 Å². The monoisotopic (exact) mass is 502 g/mol. The highest BCUT2D eigenvalue weighted by Gasteiger charge is 2.33. The number of hydrogen-bond acceptors (Lipinski definition) is 6. The molecule has 0 aliphatic rings. The van der Waals surface area contributed by atoms with E-state index in [-0.39, 0.29) is 39.0 Å². The number of phenols is 2. The maximum atomic E-state index is 13.0. The highest BCUT2D eigenvalue weighted by molar-refractivity contribution is 7.92. The van der Waals surface area contributed by atoms with Crippen LogP contribution in [0.2, 0.25) is 5.02 Å². The van der Waals surface area contributed by atoms with Crippen molar-refractivity contribution in [1.29, 1.82) is 0 Å². The third-order valence-corrected chi connectivity index (χ3v) is 7.62. The second kappa shape index (κ2) is 10.1. The van der Waals surface area contributed by atoms with E-state index in [1.807, 2.05) is 0 Å². The minimum Gasteiger partial charge on any atom is -0.507 e. The summed E-state index contributed by atoms with van der Waals surface area (Å²) in [6, 6.07) is 14.5. The summed E-state index contributed by atoms with van der Waals surface area (Å²) in [5.41, 5.74) is 0.645. The van der Waals surface area contributed by atoms with E-state index in [4.69, 9.17) is 11.6 Å². The maximum Gasteiger partial charge on any atom is 0.259 e. The van der Waals surface area contributed by atoms with Gasteiger partial charge in [-0.25, -0.2) is 8.42 Å². The predicted octanol–water partition coefficient (Wildman–Crippen LogP) is 4.50.